The number of nitrogens with one attached hydrogen (secondary N) is 1. The maximum absolute atomic E-state index is 13.9. The van der Waals surface area contributed by atoms with E-state index < -0.39 is 5.82 Å². The van der Waals surface area contributed by atoms with Crippen molar-refractivity contribution in [3.63, 3.8) is 0 Å². The van der Waals surface area contributed by atoms with Gasteiger partial charge in [-0.1, -0.05) is 16.8 Å². The smallest absolute Gasteiger partial charge is 0.258 e. The van der Waals surface area contributed by atoms with Gasteiger partial charge in [0.05, 0.1) is 53.1 Å². The Labute approximate surface area is 193 Å². The molecule has 11 heteroatoms. The number of aryl methyl sites for hydroxylation is 2. The molecule has 4 rings (SSSR count). The second kappa shape index (κ2) is 8.78. The summed E-state index contributed by atoms with van der Waals surface area (Å²) in [6.45, 7) is 5.76. The topological polar surface area (TPSA) is 116 Å². The summed E-state index contributed by atoms with van der Waals surface area (Å²) in [6, 6.07) is 3.72. The van der Waals surface area contributed by atoms with Gasteiger partial charge in [0.1, 0.15) is 17.3 Å². The van der Waals surface area contributed by atoms with Crippen LogP contribution >= 0.6 is 11.6 Å². The monoisotopic (exact) mass is 472 g/mol. The summed E-state index contributed by atoms with van der Waals surface area (Å²) in [5.41, 5.74) is 4.16. The number of carbonyl (C=O) groups is 1. The highest BCUT2D eigenvalue weighted by Gasteiger charge is 2.31. The van der Waals surface area contributed by atoms with Crippen LogP contribution in [0.15, 0.2) is 23.4 Å². The van der Waals surface area contributed by atoms with Gasteiger partial charge in [0.15, 0.2) is 5.65 Å². The summed E-state index contributed by atoms with van der Waals surface area (Å²) < 4.78 is 21.2. The standard InChI is InChI=1S/C22H22ClFN6O3/c1-11(25)17(28-32)6-7-33-19-8-14(24)4-5-15(19)22(31)29-9-16-18(10-29)27-30-13(3)20(23)12(2)26-21(16)30/h4-5,8,25,32H,6-7,9-10H2,1-3H3/b25-11?,28-17-. The molecule has 2 aromatic heterocycles. The number of carbonyl (C=O) groups excluding carboxylic acids is 1. The van der Waals surface area contributed by atoms with Gasteiger partial charge in [0, 0.05) is 18.1 Å². The van der Waals surface area contributed by atoms with Crippen molar-refractivity contribution in [2.24, 2.45) is 5.16 Å². The number of aromatic nitrogens is 3. The highest BCUT2D eigenvalue weighted by molar-refractivity contribution is 6.40. The molecule has 0 radical (unpaired) electrons. The van der Waals surface area contributed by atoms with Crippen LogP contribution < -0.4 is 4.74 Å². The summed E-state index contributed by atoms with van der Waals surface area (Å²) >= 11 is 6.29. The molecule has 9 nitrogen and oxygen atoms in total. The van der Waals surface area contributed by atoms with Crippen LogP contribution in [-0.4, -0.2) is 48.6 Å². The normalized spacial score (nSPS) is 13.5. The van der Waals surface area contributed by atoms with Crippen LogP contribution in [0.5, 0.6) is 5.75 Å². The van der Waals surface area contributed by atoms with Crippen molar-refractivity contribution in [1.29, 1.82) is 5.41 Å². The van der Waals surface area contributed by atoms with Crippen LogP contribution in [0, 0.1) is 25.1 Å². The quantitative estimate of drug-likeness (QED) is 0.320. The molecule has 0 saturated carbocycles. The zero-order valence-corrected chi connectivity index (χ0v) is 19.1. The maximum atomic E-state index is 13.9. The van der Waals surface area contributed by atoms with E-state index in [0.29, 0.717) is 22.9 Å². The molecule has 172 valence electrons. The predicted octanol–water partition coefficient (Wildman–Crippen LogP) is 3.93. The molecule has 3 aromatic rings. The fourth-order valence-corrected chi connectivity index (χ4v) is 3.91. The van der Waals surface area contributed by atoms with Crippen molar-refractivity contribution in [1.82, 2.24) is 19.5 Å². The number of hydrogen-bond acceptors (Lipinski definition) is 7. The zero-order valence-electron chi connectivity index (χ0n) is 18.3. The van der Waals surface area contributed by atoms with E-state index in [1.807, 2.05) is 13.8 Å². The van der Waals surface area contributed by atoms with E-state index in [2.05, 4.69) is 15.2 Å². The summed E-state index contributed by atoms with van der Waals surface area (Å²) in [4.78, 5) is 19.4. The summed E-state index contributed by atoms with van der Waals surface area (Å²) in [5.74, 6) is -0.798. The van der Waals surface area contributed by atoms with Gasteiger partial charge in [-0.25, -0.2) is 13.9 Å². The molecule has 1 aliphatic rings. The Morgan fingerprint density at radius 2 is 2.12 bits per heavy atom. The number of fused-ring (bicyclic) bond motifs is 3. The third kappa shape index (κ3) is 4.13. The molecule has 1 aliphatic heterocycles. The average molecular weight is 473 g/mol. The van der Waals surface area contributed by atoms with Gasteiger partial charge in [-0.3, -0.25) is 4.79 Å². The van der Waals surface area contributed by atoms with Crippen LogP contribution in [0.3, 0.4) is 0 Å². The van der Waals surface area contributed by atoms with E-state index in [9.17, 15) is 9.18 Å². The lowest BCUT2D eigenvalue weighted by atomic mass is 10.1. The number of amides is 1. The SMILES string of the molecule is CC(=N)/C(CCOc1cc(F)ccc1C(=O)N1Cc2nn3c(C)c(Cl)c(C)nc3c2C1)=N\O. The highest BCUT2D eigenvalue weighted by Crippen LogP contribution is 2.31. The number of oxime groups is 1. The van der Waals surface area contributed by atoms with E-state index in [0.717, 1.165) is 23.0 Å². The number of ether oxygens (including phenoxy) is 1. The van der Waals surface area contributed by atoms with Crippen molar-refractivity contribution >= 4 is 34.6 Å². The molecular weight excluding hydrogens is 451 g/mol. The Kier molecular flexibility index (Phi) is 6.03. The third-order valence-electron chi connectivity index (χ3n) is 5.57. The second-order valence-corrected chi connectivity index (χ2v) is 8.21. The molecule has 0 unspecified atom stereocenters. The van der Waals surface area contributed by atoms with Crippen molar-refractivity contribution in [2.75, 3.05) is 6.61 Å². The molecular formula is C22H22ClFN6O3. The minimum atomic E-state index is -0.546. The molecule has 0 aliphatic carbocycles. The van der Waals surface area contributed by atoms with E-state index >= 15 is 0 Å². The van der Waals surface area contributed by atoms with Gasteiger partial charge >= 0.3 is 0 Å². The van der Waals surface area contributed by atoms with Crippen molar-refractivity contribution < 1.29 is 19.1 Å². The van der Waals surface area contributed by atoms with Gasteiger partial charge < -0.3 is 20.3 Å². The van der Waals surface area contributed by atoms with Gasteiger partial charge in [0.25, 0.3) is 5.91 Å². The van der Waals surface area contributed by atoms with Crippen LogP contribution in [0.2, 0.25) is 5.02 Å². The number of benzene rings is 1. The fraction of sp³-hybridized carbons (Fsp3) is 0.318. The van der Waals surface area contributed by atoms with Crippen LogP contribution in [0.25, 0.3) is 5.65 Å². The average Bonchev–Trinajstić information content (AvgIpc) is 3.34. The van der Waals surface area contributed by atoms with E-state index in [1.165, 1.54) is 19.1 Å². The molecule has 33 heavy (non-hydrogen) atoms. The van der Waals surface area contributed by atoms with E-state index in [1.54, 1.807) is 9.42 Å². The van der Waals surface area contributed by atoms with Crippen LogP contribution in [0.1, 0.15) is 46.3 Å². The van der Waals surface area contributed by atoms with Gasteiger partial charge in [0.2, 0.25) is 0 Å². The Bertz CT molecular complexity index is 1320. The van der Waals surface area contributed by atoms with Crippen molar-refractivity contribution in [3.8, 4) is 5.75 Å². The lowest BCUT2D eigenvalue weighted by molar-refractivity contribution is 0.0745. The van der Waals surface area contributed by atoms with Gasteiger partial charge in [-0.2, -0.15) is 5.10 Å². The summed E-state index contributed by atoms with van der Waals surface area (Å²) in [7, 11) is 0. The number of nitrogens with zero attached hydrogens (tertiary/aromatic N) is 5. The maximum Gasteiger partial charge on any atom is 0.258 e. The number of rotatable bonds is 6. The molecule has 0 fully saturated rings. The van der Waals surface area contributed by atoms with Crippen LogP contribution in [-0.2, 0) is 13.1 Å². The van der Waals surface area contributed by atoms with Crippen LogP contribution in [0.4, 0.5) is 4.39 Å². The molecule has 0 saturated heterocycles. The summed E-state index contributed by atoms with van der Waals surface area (Å²) in [5, 5.41) is 24.7. The van der Waals surface area contributed by atoms with Gasteiger partial charge in [-0.15, -0.1) is 0 Å². The Morgan fingerprint density at radius 1 is 1.36 bits per heavy atom. The first-order chi connectivity index (χ1) is 15.7. The third-order valence-corrected chi connectivity index (χ3v) is 6.11. The molecule has 1 amide bonds. The Morgan fingerprint density at radius 3 is 2.82 bits per heavy atom. The second-order valence-electron chi connectivity index (χ2n) is 7.83. The Balaban J connectivity index is 1.56. The zero-order chi connectivity index (χ0) is 23.9. The molecule has 0 spiro atoms. The first-order valence-electron chi connectivity index (χ1n) is 10.2. The van der Waals surface area contributed by atoms with E-state index in [-0.39, 0.29) is 48.2 Å². The minimum Gasteiger partial charge on any atom is -0.492 e. The lowest BCUT2D eigenvalue weighted by Gasteiger charge is -2.18. The first-order valence-corrected chi connectivity index (χ1v) is 10.6. The molecule has 1 aromatic carbocycles. The predicted molar refractivity (Wildman–Crippen MR) is 120 cm³/mol. The minimum absolute atomic E-state index is 0.0106. The fourth-order valence-electron chi connectivity index (χ4n) is 3.79. The molecule has 3 heterocycles. The van der Waals surface area contributed by atoms with E-state index in [4.69, 9.17) is 27.0 Å². The summed E-state index contributed by atoms with van der Waals surface area (Å²) in [6.07, 6.45) is 0.134. The number of hydrogen-bond donors (Lipinski definition) is 2. The molecule has 0 atom stereocenters. The molecule has 0 bridgehead atoms. The van der Waals surface area contributed by atoms with Crippen molar-refractivity contribution in [3.05, 3.63) is 57.2 Å². The van der Waals surface area contributed by atoms with Crippen molar-refractivity contribution in [2.45, 2.75) is 40.3 Å². The lowest BCUT2D eigenvalue weighted by Crippen LogP contribution is -2.27. The first kappa shape index (κ1) is 22.7. The number of halogens is 2. The highest BCUT2D eigenvalue weighted by atomic mass is 35.5. The van der Waals surface area contributed by atoms with Gasteiger partial charge in [-0.05, 0) is 32.9 Å². The Hall–Kier alpha value is -3.53. The largest absolute Gasteiger partial charge is 0.492 e. The molecule has 2 N–H and O–H groups in total.